The zero-order valence-electron chi connectivity index (χ0n) is 13.4. The molecule has 0 aliphatic carbocycles. The van der Waals surface area contributed by atoms with Crippen molar-refractivity contribution in [2.24, 2.45) is 0 Å². The van der Waals surface area contributed by atoms with Crippen LogP contribution in [-0.2, 0) is 4.79 Å². The molecule has 1 rings (SSSR count). The van der Waals surface area contributed by atoms with E-state index in [1.54, 1.807) is 0 Å². The van der Waals surface area contributed by atoms with Crippen LogP contribution in [0.15, 0.2) is 12.2 Å². The Balaban J connectivity index is 1.93. The third kappa shape index (κ3) is 8.39. The molecule has 2 nitrogen and oxygen atoms in total. The molecule has 1 aliphatic heterocycles. The van der Waals surface area contributed by atoms with Gasteiger partial charge in [0, 0.05) is 19.5 Å². The van der Waals surface area contributed by atoms with Crippen LogP contribution in [0.1, 0.15) is 84.0 Å². The van der Waals surface area contributed by atoms with Gasteiger partial charge in [-0.2, -0.15) is 0 Å². The van der Waals surface area contributed by atoms with Crippen LogP contribution >= 0.6 is 0 Å². The maximum Gasteiger partial charge on any atom is 0.222 e. The van der Waals surface area contributed by atoms with Gasteiger partial charge in [-0.05, 0) is 39.0 Å². The molecule has 0 aromatic heterocycles. The highest BCUT2D eigenvalue weighted by molar-refractivity contribution is 5.76. The number of carbonyl (C=O) groups is 1. The van der Waals surface area contributed by atoms with E-state index in [1.807, 2.05) is 0 Å². The van der Waals surface area contributed by atoms with Crippen LogP contribution in [0.25, 0.3) is 0 Å². The van der Waals surface area contributed by atoms with Gasteiger partial charge in [-0.25, -0.2) is 0 Å². The molecule has 0 spiro atoms. The van der Waals surface area contributed by atoms with Gasteiger partial charge in [-0.3, -0.25) is 4.79 Å². The average Bonchev–Trinajstić information content (AvgIpc) is 2.74. The number of nitrogens with zero attached hydrogens (tertiary/aromatic N) is 1. The van der Waals surface area contributed by atoms with Crippen molar-refractivity contribution in [1.82, 2.24) is 4.90 Å². The first-order valence-electron chi connectivity index (χ1n) is 8.73. The van der Waals surface area contributed by atoms with Crippen molar-refractivity contribution in [2.75, 3.05) is 13.1 Å². The molecular weight excluding hydrogens is 246 g/mol. The van der Waals surface area contributed by atoms with E-state index >= 15 is 0 Å². The van der Waals surface area contributed by atoms with Crippen LogP contribution in [0.3, 0.4) is 0 Å². The predicted octanol–water partition coefficient (Wildman–Crippen LogP) is 5.09. The molecular formula is C18H33NO. The summed E-state index contributed by atoms with van der Waals surface area (Å²) < 4.78 is 0. The molecule has 1 fully saturated rings. The first-order chi connectivity index (χ1) is 9.84. The number of allylic oxidation sites excluding steroid dienone is 2. The minimum Gasteiger partial charge on any atom is -0.343 e. The highest BCUT2D eigenvalue weighted by Crippen LogP contribution is 2.13. The van der Waals surface area contributed by atoms with Crippen molar-refractivity contribution < 1.29 is 4.79 Å². The van der Waals surface area contributed by atoms with Crippen molar-refractivity contribution in [3.63, 3.8) is 0 Å². The SMILES string of the molecule is CC=CCCCCCCCCC(=O)N1CCCCCC1. The zero-order chi connectivity index (χ0) is 14.5. The molecule has 0 radical (unpaired) electrons. The Morgan fingerprint density at radius 3 is 2.15 bits per heavy atom. The summed E-state index contributed by atoms with van der Waals surface area (Å²) in [5.74, 6) is 0.403. The van der Waals surface area contributed by atoms with Crippen LogP contribution in [0.2, 0.25) is 0 Å². The molecule has 1 amide bonds. The molecule has 0 aromatic carbocycles. The Kier molecular flexibility index (Phi) is 10.3. The second-order valence-corrected chi connectivity index (χ2v) is 6.02. The summed E-state index contributed by atoms with van der Waals surface area (Å²) in [4.78, 5) is 14.2. The molecule has 116 valence electrons. The molecule has 0 saturated carbocycles. The Labute approximate surface area is 125 Å². The van der Waals surface area contributed by atoms with Crippen molar-refractivity contribution in [1.29, 1.82) is 0 Å². The molecule has 0 aromatic rings. The lowest BCUT2D eigenvalue weighted by Crippen LogP contribution is -2.31. The van der Waals surface area contributed by atoms with Crippen molar-refractivity contribution >= 4 is 5.91 Å². The Morgan fingerprint density at radius 1 is 0.900 bits per heavy atom. The summed E-state index contributed by atoms with van der Waals surface area (Å²) in [6.45, 7) is 4.09. The first kappa shape index (κ1) is 17.3. The predicted molar refractivity (Wildman–Crippen MR) is 86.8 cm³/mol. The van der Waals surface area contributed by atoms with Crippen molar-refractivity contribution in [3.8, 4) is 0 Å². The normalized spacial score (nSPS) is 16.6. The summed E-state index contributed by atoms with van der Waals surface area (Å²) >= 11 is 0. The standard InChI is InChI=1S/C18H33NO/c1-2-3-4-5-6-7-8-9-12-15-18(20)19-16-13-10-11-14-17-19/h2-3H,4-17H2,1H3. The van der Waals surface area contributed by atoms with Crippen LogP contribution in [0.4, 0.5) is 0 Å². The smallest absolute Gasteiger partial charge is 0.222 e. The third-order valence-corrected chi connectivity index (χ3v) is 4.21. The van der Waals surface area contributed by atoms with E-state index in [1.165, 1.54) is 64.2 Å². The van der Waals surface area contributed by atoms with Crippen LogP contribution in [-0.4, -0.2) is 23.9 Å². The number of hydrogen-bond donors (Lipinski definition) is 0. The molecule has 1 aliphatic rings. The summed E-state index contributed by atoms with van der Waals surface area (Å²) in [5.41, 5.74) is 0. The fourth-order valence-electron chi connectivity index (χ4n) is 2.89. The second kappa shape index (κ2) is 12.0. The number of amides is 1. The lowest BCUT2D eigenvalue weighted by atomic mass is 10.1. The summed E-state index contributed by atoms with van der Waals surface area (Å²) in [7, 11) is 0. The van der Waals surface area contributed by atoms with Crippen LogP contribution < -0.4 is 0 Å². The topological polar surface area (TPSA) is 20.3 Å². The van der Waals surface area contributed by atoms with Gasteiger partial charge in [-0.1, -0.05) is 50.7 Å². The Hall–Kier alpha value is -0.790. The lowest BCUT2D eigenvalue weighted by molar-refractivity contribution is -0.131. The fraction of sp³-hybridized carbons (Fsp3) is 0.833. The van der Waals surface area contributed by atoms with Gasteiger partial charge in [-0.15, -0.1) is 0 Å². The fourth-order valence-corrected chi connectivity index (χ4v) is 2.89. The van der Waals surface area contributed by atoms with E-state index in [9.17, 15) is 4.79 Å². The van der Waals surface area contributed by atoms with E-state index in [4.69, 9.17) is 0 Å². The molecule has 0 unspecified atom stereocenters. The van der Waals surface area contributed by atoms with Gasteiger partial charge in [0.2, 0.25) is 5.91 Å². The molecule has 0 atom stereocenters. The van der Waals surface area contributed by atoms with Gasteiger partial charge in [0.1, 0.15) is 0 Å². The van der Waals surface area contributed by atoms with Crippen molar-refractivity contribution in [3.05, 3.63) is 12.2 Å². The second-order valence-electron chi connectivity index (χ2n) is 6.02. The quantitative estimate of drug-likeness (QED) is 0.425. The zero-order valence-corrected chi connectivity index (χ0v) is 13.4. The maximum atomic E-state index is 12.1. The highest BCUT2D eigenvalue weighted by atomic mass is 16.2. The van der Waals surface area contributed by atoms with Gasteiger partial charge >= 0.3 is 0 Å². The number of unbranched alkanes of at least 4 members (excludes halogenated alkanes) is 6. The van der Waals surface area contributed by atoms with E-state index in [2.05, 4.69) is 24.0 Å². The molecule has 0 N–H and O–H groups in total. The van der Waals surface area contributed by atoms with E-state index in [-0.39, 0.29) is 0 Å². The Bertz CT molecular complexity index is 265. The number of likely N-dealkylation sites (tertiary alicyclic amines) is 1. The molecule has 0 bridgehead atoms. The lowest BCUT2D eigenvalue weighted by Gasteiger charge is -2.20. The highest BCUT2D eigenvalue weighted by Gasteiger charge is 2.14. The third-order valence-electron chi connectivity index (χ3n) is 4.21. The van der Waals surface area contributed by atoms with Gasteiger partial charge in [0.05, 0.1) is 0 Å². The van der Waals surface area contributed by atoms with Crippen molar-refractivity contribution in [2.45, 2.75) is 84.0 Å². The minimum atomic E-state index is 0.403. The monoisotopic (exact) mass is 279 g/mol. The Morgan fingerprint density at radius 2 is 1.50 bits per heavy atom. The van der Waals surface area contributed by atoms with Crippen LogP contribution in [0.5, 0.6) is 0 Å². The maximum absolute atomic E-state index is 12.1. The summed E-state index contributed by atoms with van der Waals surface area (Å²) in [6, 6.07) is 0. The van der Waals surface area contributed by atoms with Gasteiger partial charge < -0.3 is 4.90 Å². The van der Waals surface area contributed by atoms with Gasteiger partial charge in [0.15, 0.2) is 0 Å². The molecule has 2 heteroatoms. The van der Waals surface area contributed by atoms with E-state index in [0.29, 0.717) is 5.91 Å². The number of hydrogen-bond acceptors (Lipinski definition) is 1. The van der Waals surface area contributed by atoms with Gasteiger partial charge in [0.25, 0.3) is 0 Å². The summed E-state index contributed by atoms with van der Waals surface area (Å²) in [5, 5.41) is 0. The number of carbonyl (C=O) groups excluding carboxylic acids is 1. The first-order valence-corrected chi connectivity index (χ1v) is 8.73. The average molecular weight is 279 g/mol. The molecule has 1 saturated heterocycles. The van der Waals surface area contributed by atoms with E-state index in [0.717, 1.165) is 25.9 Å². The van der Waals surface area contributed by atoms with E-state index < -0.39 is 0 Å². The molecule has 1 heterocycles. The largest absolute Gasteiger partial charge is 0.343 e. The minimum absolute atomic E-state index is 0.403. The number of rotatable bonds is 9. The summed E-state index contributed by atoms with van der Waals surface area (Å²) in [6.07, 6.45) is 19.0. The molecule has 20 heavy (non-hydrogen) atoms. The van der Waals surface area contributed by atoms with Crippen LogP contribution in [0, 0.1) is 0 Å².